The van der Waals surface area contributed by atoms with Crippen LogP contribution in [0.4, 0.5) is 0 Å². The SMILES string of the molecule is CCNCc1ccc(S(=O)(=O)N2CCCCC2CC)nc1. The lowest BCUT2D eigenvalue weighted by Gasteiger charge is -2.33. The molecule has 0 bridgehead atoms. The summed E-state index contributed by atoms with van der Waals surface area (Å²) < 4.78 is 27.1. The monoisotopic (exact) mass is 311 g/mol. The van der Waals surface area contributed by atoms with Gasteiger partial charge in [-0.15, -0.1) is 0 Å². The summed E-state index contributed by atoms with van der Waals surface area (Å²) in [7, 11) is -3.46. The van der Waals surface area contributed by atoms with Gasteiger partial charge in [0.25, 0.3) is 10.0 Å². The molecule has 6 heteroatoms. The van der Waals surface area contributed by atoms with Crippen molar-refractivity contribution in [1.82, 2.24) is 14.6 Å². The van der Waals surface area contributed by atoms with Crippen molar-refractivity contribution >= 4 is 10.0 Å². The Kier molecular flexibility index (Phi) is 5.72. The number of nitrogens with one attached hydrogen (secondary N) is 1. The molecule has 0 saturated carbocycles. The zero-order valence-electron chi connectivity index (χ0n) is 12.9. The third kappa shape index (κ3) is 3.81. The van der Waals surface area contributed by atoms with Crippen LogP contribution in [0, 0.1) is 0 Å². The van der Waals surface area contributed by atoms with Gasteiger partial charge in [-0.25, -0.2) is 13.4 Å². The van der Waals surface area contributed by atoms with Crippen LogP contribution in [0.3, 0.4) is 0 Å². The highest BCUT2D eigenvalue weighted by atomic mass is 32.2. The van der Waals surface area contributed by atoms with Crippen molar-refractivity contribution in [1.29, 1.82) is 0 Å². The van der Waals surface area contributed by atoms with Crippen LogP contribution in [0.25, 0.3) is 0 Å². The van der Waals surface area contributed by atoms with Crippen LogP contribution in [0.2, 0.25) is 0 Å². The van der Waals surface area contributed by atoms with Gasteiger partial charge < -0.3 is 5.32 Å². The molecule has 1 aromatic rings. The molecule has 21 heavy (non-hydrogen) atoms. The summed E-state index contributed by atoms with van der Waals surface area (Å²) >= 11 is 0. The van der Waals surface area contributed by atoms with Gasteiger partial charge in [0.1, 0.15) is 0 Å². The Hall–Kier alpha value is -0.980. The molecule has 2 heterocycles. The van der Waals surface area contributed by atoms with Gasteiger partial charge in [-0.2, -0.15) is 4.31 Å². The van der Waals surface area contributed by atoms with E-state index in [-0.39, 0.29) is 11.1 Å². The van der Waals surface area contributed by atoms with Crippen molar-refractivity contribution in [2.24, 2.45) is 0 Å². The second kappa shape index (κ2) is 7.33. The molecule has 1 atom stereocenters. The molecule has 1 N–H and O–H groups in total. The minimum absolute atomic E-state index is 0.118. The number of hydrogen-bond acceptors (Lipinski definition) is 4. The fraction of sp³-hybridized carbons (Fsp3) is 0.667. The Labute approximate surface area is 127 Å². The molecule has 0 amide bonds. The summed E-state index contributed by atoms with van der Waals surface area (Å²) in [5.41, 5.74) is 1.00. The Morgan fingerprint density at radius 1 is 1.33 bits per heavy atom. The molecule has 5 nitrogen and oxygen atoms in total. The molecule has 1 unspecified atom stereocenters. The number of sulfonamides is 1. The first kappa shape index (κ1) is 16.4. The van der Waals surface area contributed by atoms with Crippen molar-refractivity contribution in [3.63, 3.8) is 0 Å². The molecule has 1 aliphatic rings. The van der Waals surface area contributed by atoms with Gasteiger partial charge >= 0.3 is 0 Å². The van der Waals surface area contributed by atoms with Crippen molar-refractivity contribution in [2.45, 2.75) is 57.1 Å². The number of pyridine rings is 1. The van der Waals surface area contributed by atoms with E-state index < -0.39 is 10.0 Å². The molecule has 0 aromatic carbocycles. The predicted octanol–water partition coefficient (Wildman–Crippen LogP) is 2.14. The Balaban J connectivity index is 2.18. The zero-order chi connectivity index (χ0) is 15.3. The van der Waals surface area contributed by atoms with Gasteiger partial charge in [-0.05, 0) is 37.4 Å². The average Bonchev–Trinajstić information content (AvgIpc) is 2.53. The van der Waals surface area contributed by atoms with Crippen molar-refractivity contribution in [2.75, 3.05) is 13.1 Å². The van der Waals surface area contributed by atoms with E-state index in [4.69, 9.17) is 0 Å². The standard InChI is InChI=1S/C15H25N3O2S/c1-3-14-7-5-6-10-18(14)21(19,20)15-9-8-13(12-17-15)11-16-4-2/h8-9,12,14,16H,3-7,10-11H2,1-2H3. The minimum Gasteiger partial charge on any atom is -0.313 e. The van der Waals surface area contributed by atoms with E-state index >= 15 is 0 Å². The zero-order valence-corrected chi connectivity index (χ0v) is 13.7. The van der Waals surface area contributed by atoms with Crippen LogP contribution < -0.4 is 5.32 Å². The van der Waals surface area contributed by atoms with E-state index in [0.717, 1.165) is 37.8 Å². The van der Waals surface area contributed by atoms with Gasteiger partial charge in [0.2, 0.25) is 0 Å². The van der Waals surface area contributed by atoms with Crippen molar-refractivity contribution in [3.05, 3.63) is 23.9 Å². The maximum Gasteiger partial charge on any atom is 0.260 e. The topological polar surface area (TPSA) is 62.3 Å². The summed E-state index contributed by atoms with van der Waals surface area (Å²) in [6.45, 7) is 6.29. The highest BCUT2D eigenvalue weighted by Crippen LogP contribution is 2.26. The molecule has 118 valence electrons. The van der Waals surface area contributed by atoms with Crippen LogP contribution in [-0.2, 0) is 16.6 Å². The van der Waals surface area contributed by atoms with Gasteiger partial charge in [0.05, 0.1) is 0 Å². The third-order valence-electron chi connectivity index (χ3n) is 3.99. The molecule has 1 saturated heterocycles. The smallest absolute Gasteiger partial charge is 0.260 e. The quantitative estimate of drug-likeness (QED) is 0.874. The second-order valence-corrected chi connectivity index (χ2v) is 7.30. The van der Waals surface area contributed by atoms with E-state index in [1.54, 1.807) is 16.6 Å². The summed E-state index contributed by atoms with van der Waals surface area (Å²) in [5.74, 6) is 0. The molecule has 0 spiro atoms. The fourth-order valence-electron chi connectivity index (χ4n) is 2.76. The average molecular weight is 311 g/mol. The van der Waals surface area contributed by atoms with Crippen LogP contribution in [0.5, 0.6) is 0 Å². The molecular weight excluding hydrogens is 286 g/mol. The Morgan fingerprint density at radius 2 is 2.14 bits per heavy atom. The van der Waals surface area contributed by atoms with Crippen LogP contribution in [0.15, 0.2) is 23.4 Å². The molecule has 1 aliphatic heterocycles. The van der Waals surface area contributed by atoms with Crippen molar-refractivity contribution < 1.29 is 8.42 Å². The van der Waals surface area contributed by atoms with E-state index in [9.17, 15) is 8.42 Å². The fourth-order valence-corrected chi connectivity index (χ4v) is 4.44. The largest absolute Gasteiger partial charge is 0.313 e. The maximum atomic E-state index is 12.7. The highest BCUT2D eigenvalue weighted by Gasteiger charge is 2.33. The number of nitrogens with zero attached hydrogens (tertiary/aromatic N) is 2. The van der Waals surface area contributed by atoms with E-state index in [2.05, 4.69) is 10.3 Å². The third-order valence-corrected chi connectivity index (χ3v) is 5.86. The van der Waals surface area contributed by atoms with Gasteiger partial charge in [-0.3, -0.25) is 0 Å². The molecule has 1 fully saturated rings. The lowest BCUT2D eigenvalue weighted by Crippen LogP contribution is -2.43. The number of rotatable bonds is 6. The molecular formula is C15H25N3O2S. The molecule has 2 rings (SSSR count). The van der Waals surface area contributed by atoms with Crippen molar-refractivity contribution in [3.8, 4) is 0 Å². The molecule has 0 aliphatic carbocycles. The van der Waals surface area contributed by atoms with E-state index in [1.807, 2.05) is 19.9 Å². The summed E-state index contributed by atoms with van der Waals surface area (Å²) in [4.78, 5) is 4.18. The summed E-state index contributed by atoms with van der Waals surface area (Å²) in [5, 5.41) is 3.37. The Bertz CT molecular complexity index is 543. The van der Waals surface area contributed by atoms with Gasteiger partial charge in [-0.1, -0.05) is 26.3 Å². The van der Waals surface area contributed by atoms with E-state index in [1.165, 1.54) is 0 Å². The maximum absolute atomic E-state index is 12.7. The number of piperidine rings is 1. The predicted molar refractivity (Wildman–Crippen MR) is 83.4 cm³/mol. The first-order chi connectivity index (χ1) is 10.1. The van der Waals surface area contributed by atoms with Crippen LogP contribution >= 0.6 is 0 Å². The Morgan fingerprint density at radius 3 is 2.76 bits per heavy atom. The summed E-state index contributed by atoms with van der Waals surface area (Å²) in [6.07, 6.45) is 5.51. The number of aromatic nitrogens is 1. The number of hydrogen-bond donors (Lipinski definition) is 1. The first-order valence-corrected chi connectivity index (χ1v) is 9.21. The lowest BCUT2D eigenvalue weighted by atomic mass is 10.0. The van der Waals surface area contributed by atoms with Gasteiger partial charge in [0, 0.05) is 25.3 Å². The molecule has 0 radical (unpaired) electrons. The van der Waals surface area contributed by atoms with Gasteiger partial charge in [0.15, 0.2) is 5.03 Å². The van der Waals surface area contributed by atoms with Crippen LogP contribution in [-0.4, -0.2) is 36.8 Å². The lowest BCUT2D eigenvalue weighted by molar-refractivity contribution is 0.246. The van der Waals surface area contributed by atoms with E-state index in [0.29, 0.717) is 13.1 Å². The second-order valence-electron chi connectivity index (χ2n) is 5.46. The normalized spacial score (nSPS) is 20.6. The summed E-state index contributed by atoms with van der Waals surface area (Å²) in [6, 6.07) is 3.59. The van der Waals surface area contributed by atoms with Crippen LogP contribution in [0.1, 0.15) is 45.1 Å². The minimum atomic E-state index is -3.46. The highest BCUT2D eigenvalue weighted by molar-refractivity contribution is 7.89. The molecule has 1 aromatic heterocycles. The first-order valence-electron chi connectivity index (χ1n) is 7.77.